The first-order valence-corrected chi connectivity index (χ1v) is 7.36. The lowest BCUT2D eigenvalue weighted by atomic mass is 9.98. The van der Waals surface area contributed by atoms with Crippen LogP contribution < -0.4 is 5.43 Å². The fourth-order valence-corrected chi connectivity index (χ4v) is 3.17. The zero-order valence-electron chi connectivity index (χ0n) is 11.6. The highest BCUT2D eigenvalue weighted by atomic mass is 16.5. The summed E-state index contributed by atoms with van der Waals surface area (Å²) in [5.74, 6) is 0. The molecule has 1 N–H and O–H groups in total. The van der Waals surface area contributed by atoms with Crippen LogP contribution in [0.15, 0.2) is 0 Å². The summed E-state index contributed by atoms with van der Waals surface area (Å²) in [7, 11) is 0. The van der Waals surface area contributed by atoms with E-state index in [1.54, 1.807) is 0 Å². The summed E-state index contributed by atoms with van der Waals surface area (Å²) in [6.45, 7) is 7.84. The Morgan fingerprint density at radius 1 is 1.18 bits per heavy atom. The maximum atomic E-state index is 5.74. The maximum Gasteiger partial charge on any atom is 0.0587 e. The van der Waals surface area contributed by atoms with E-state index in [1.165, 1.54) is 25.7 Å². The van der Waals surface area contributed by atoms with E-state index < -0.39 is 0 Å². The number of hydrogen-bond donors (Lipinski definition) is 1. The Morgan fingerprint density at radius 2 is 1.88 bits per heavy atom. The van der Waals surface area contributed by atoms with Crippen LogP contribution in [0.25, 0.3) is 0 Å². The highest BCUT2D eigenvalue weighted by molar-refractivity contribution is 4.81. The van der Waals surface area contributed by atoms with Gasteiger partial charge in [0.1, 0.15) is 0 Å². The summed E-state index contributed by atoms with van der Waals surface area (Å²) in [5, 5.41) is 2.51. The minimum absolute atomic E-state index is 0.469. The van der Waals surface area contributed by atoms with Crippen LogP contribution in [-0.2, 0) is 4.74 Å². The molecule has 4 unspecified atom stereocenters. The van der Waals surface area contributed by atoms with E-state index in [9.17, 15) is 0 Å². The van der Waals surface area contributed by atoms with Crippen molar-refractivity contribution in [3.8, 4) is 0 Å². The maximum absolute atomic E-state index is 5.74. The standard InChI is InChI=1S/C14H28N2O/c1-4-14-10-13(8-9-17-14)15-16-11(2)6-5-7-12(16)3/h11-15H,4-10H2,1-3H3. The summed E-state index contributed by atoms with van der Waals surface area (Å²) in [6.07, 6.45) is 7.99. The summed E-state index contributed by atoms with van der Waals surface area (Å²) in [5.41, 5.74) is 3.77. The minimum atomic E-state index is 0.469. The molecule has 2 fully saturated rings. The first-order valence-electron chi connectivity index (χ1n) is 7.36. The van der Waals surface area contributed by atoms with Gasteiger partial charge in [0.05, 0.1) is 6.10 Å². The topological polar surface area (TPSA) is 24.5 Å². The lowest BCUT2D eigenvalue weighted by Gasteiger charge is -2.43. The zero-order valence-corrected chi connectivity index (χ0v) is 11.6. The summed E-state index contributed by atoms with van der Waals surface area (Å²) in [4.78, 5) is 0. The van der Waals surface area contributed by atoms with Crippen LogP contribution in [0.5, 0.6) is 0 Å². The Kier molecular flexibility index (Phi) is 4.83. The molecule has 0 aromatic carbocycles. The molecule has 0 spiro atoms. The third-order valence-electron chi connectivity index (χ3n) is 4.35. The van der Waals surface area contributed by atoms with E-state index in [2.05, 4.69) is 31.2 Å². The van der Waals surface area contributed by atoms with Crippen molar-refractivity contribution in [2.75, 3.05) is 6.61 Å². The van der Waals surface area contributed by atoms with Crippen LogP contribution in [-0.4, -0.2) is 35.8 Å². The van der Waals surface area contributed by atoms with Gasteiger partial charge >= 0.3 is 0 Å². The third-order valence-corrected chi connectivity index (χ3v) is 4.35. The second-order valence-corrected chi connectivity index (χ2v) is 5.79. The quantitative estimate of drug-likeness (QED) is 0.821. The average molecular weight is 240 g/mol. The minimum Gasteiger partial charge on any atom is -0.378 e. The molecule has 0 aromatic heterocycles. The highest BCUT2D eigenvalue weighted by Gasteiger charge is 2.29. The molecular weight excluding hydrogens is 212 g/mol. The molecular formula is C14H28N2O. The summed E-state index contributed by atoms with van der Waals surface area (Å²) >= 11 is 0. The van der Waals surface area contributed by atoms with Gasteiger partial charge in [-0.2, -0.15) is 0 Å². The number of rotatable bonds is 3. The van der Waals surface area contributed by atoms with E-state index in [0.29, 0.717) is 24.2 Å². The van der Waals surface area contributed by atoms with Crippen molar-refractivity contribution in [2.24, 2.45) is 0 Å². The van der Waals surface area contributed by atoms with E-state index in [0.717, 1.165) is 19.4 Å². The van der Waals surface area contributed by atoms with Crippen LogP contribution in [0.3, 0.4) is 0 Å². The number of ether oxygens (including phenoxy) is 1. The van der Waals surface area contributed by atoms with Gasteiger partial charge < -0.3 is 4.74 Å². The second-order valence-electron chi connectivity index (χ2n) is 5.79. The van der Waals surface area contributed by atoms with Crippen LogP contribution in [0, 0.1) is 0 Å². The smallest absolute Gasteiger partial charge is 0.0587 e. The highest BCUT2D eigenvalue weighted by Crippen LogP contribution is 2.23. The molecule has 0 aromatic rings. The number of hydrogen-bond acceptors (Lipinski definition) is 3. The van der Waals surface area contributed by atoms with Crippen molar-refractivity contribution < 1.29 is 4.74 Å². The molecule has 2 aliphatic rings. The van der Waals surface area contributed by atoms with Crippen LogP contribution in [0.4, 0.5) is 0 Å². The molecule has 2 rings (SSSR count). The van der Waals surface area contributed by atoms with Gasteiger partial charge in [0.15, 0.2) is 0 Å². The SMILES string of the molecule is CCC1CC(NN2C(C)CCCC2C)CCO1. The zero-order chi connectivity index (χ0) is 12.3. The molecule has 0 aliphatic carbocycles. The van der Waals surface area contributed by atoms with Crippen LogP contribution in [0.2, 0.25) is 0 Å². The molecule has 3 nitrogen and oxygen atoms in total. The van der Waals surface area contributed by atoms with Crippen molar-refractivity contribution >= 4 is 0 Å². The Hall–Kier alpha value is -0.120. The first-order chi connectivity index (χ1) is 8.20. The number of hydrazine groups is 1. The third kappa shape index (κ3) is 3.43. The number of nitrogens with zero attached hydrogens (tertiary/aromatic N) is 1. The summed E-state index contributed by atoms with van der Waals surface area (Å²) in [6, 6.07) is 1.99. The lowest BCUT2D eigenvalue weighted by molar-refractivity contribution is -0.0378. The summed E-state index contributed by atoms with van der Waals surface area (Å²) < 4.78 is 5.74. The molecule has 2 heterocycles. The van der Waals surface area contributed by atoms with Gasteiger partial charge in [-0.25, -0.2) is 5.01 Å². The monoisotopic (exact) mass is 240 g/mol. The lowest BCUT2D eigenvalue weighted by Crippen LogP contribution is -2.57. The second kappa shape index (κ2) is 6.17. The predicted molar refractivity (Wildman–Crippen MR) is 70.8 cm³/mol. The average Bonchev–Trinajstić information content (AvgIpc) is 2.34. The van der Waals surface area contributed by atoms with Crippen LogP contribution >= 0.6 is 0 Å². The van der Waals surface area contributed by atoms with Gasteiger partial charge in [-0.15, -0.1) is 0 Å². The number of piperidine rings is 1. The number of nitrogens with one attached hydrogen (secondary N) is 1. The van der Waals surface area contributed by atoms with Gasteiger partial charge in [0.2, 0.25) is 0 Å². The fourth-order valence-electron chi connectivity index (χ4n) is 3.17. The van der Waals surface area contributed by atoms with Crippen molar-refractivity contribution in [2.45, 2.75) is 83.5 Å². The van der Waals surface area contributed by atoms with Crippen molar-refractivity contribution in [3.05, 3.63) is 0 Å². The molecule has 3 heteroatoms. The predicted octanol–water partition coefficient (Wildman–Crippen LogP) is 2.71. The Labute approximate surface area is 106 Å². The molecule has 2 aliphatic heterocycles. The molecule has 4 atom stereocenters. The molecule has 17 heavy (non-hydrogen) atoms. The normalized spacial score (nSPS) is 40.4. The van der Waals surface area contributed by atoms with Crippen molar-refractivity contribution in [3.63, 3.8) is 0 Å². The Balaban J connectivity index is 1.86. The molecule has 0 saturated carbocycles. The largest absolute Gasteiger partial charge is 0.378 e. The molecule has 0 amide bonds. The van der Waals surface area contributed by atoms with Gasteiger partial charge in [0, 0.05) is 24.7 Å². The van der Waals surface area contributed by atoms with E-state index >= 15 is 0 Å². The van der Waals surface area contributed by atoms with Crippen molar-refractivity contribution in [1.82, 2.24) is 10.4 Å². The Bertz CT molecular complexity index is 224. The van der Waals surface area contributed by atoms with Gasteiger partial charge in [-0.1, -0.05) is 13.3 Å². The van der Waals surface area contributed by atoms with E-state index in [1.807, 2.05) is 0 Å². The van der Waals surface area contributed by atoms with E-state index in [4.69, 9.17) is 4.74 Å². The van der Waals surface area contributed by atoms with Gasteiger partial charge in [0.25, 0.3) is 0 Å². The van der Waals surface area contributed by atoms with E-state index in [-0.39, 0.29) is 0 Å². The van der Waals surface area contributed by atoms with Gasteiger partial charge in [-0.3, -0.25) is 5.43 Å². The van der Waals surface area contributed by atoms with Crippen molar-refractivity contribution in [1.29, 1.82) is 0 Å². The Morgan fingerprint density at radius 3 is 2.53 bits per heavy atom. The van der Waals surface area contributed by atoms with Crippen LogP contribution in [0.1, 0.15) is 59.3 Å². The first kappa shape index (κ1) is 13.3. The molecule has 0 radical (unpaired) electrons. The van der Waals surface area contributed by atoms with Gasteiger partial charge in [-0.05, 0) is 46.0 Å². The molecule has 100 valence electrons. The molecule has 0 bridgehead atoms. The fraction of sp³-hybridized carbons (Fsp3) is 1.00. The molecule has 2 saturated heterocycles.